The molecule has 30 heavy (non-hydrogen) atoms. The van der Waals surface area contributed by atoms with Crippen molar-refractivity contribution in [3.8, 4) is 0 Å². The lowest BCUT2D eigenvalue weighted by Crippen LogP contribution is -2.48. The van der Waals surface area contributed by atoms with E-state index in [1.165, 1.54) is 7.11 Å². The topological polar surface area (TPSA) is 72.2 Å². The van der Waals surface area contributed by atoms with E-state index < -0.39 is 6.04 Å². The molecular weight excluding hydrogens is 384 g/mol. The van der Waals surface area contributed by atoms with Crippen molar-refractivity contribution in [2.75, 3.05) is 40.5 Å². The molecule has 0 radical (unpaired) electrons. The molecule has 0 aliphatic heterocycles. The van der Waals surface area contributed by atoms with Gasteiger partial charge in [0.25, 0.3) is 0 Å². The number of carbonyl (C=O) groups excluding carboxylic acids is 2. The molecule has 0 aliphatic rings. The van der Waals surface area contributed by atoms with Crippen molar-refractivity contribution in [3.05, 3.63) is 59.5 Å². The monoisotopic (exact) mass is 416 g/mol. The van der Waals surface area contributed by atoms with Crippen LogP contribution in [0.1, 0.15) is 24.0 Å². The Hall–Kier alpha value is -2.64. The summed E-state index contributed by atoms with van der Waals surface area (Å²) in [6, 6.07) is 13.3. The standard InChI is InChI=1S/C23H32N2O5/c1-18-10-11-21(30-18)16-25(13-12-20-8-6-5-7-9-20)22(26)17-24(14-15-28-3)19(2)23(27)29-4/h5-11,19H,12-17H2,1-4H3. The predicted molar refractivity (Wildman–Crippen MR) is 114 cm³/mol. The van der Waals surface area contributed by atoms with E-state index in [9.17, 15) is 9.59 Å². The van der Waals surface area contributed by atoms with Crippen LogP contribution in [0.3, 0.4) is 0 Å². The molecule has 1 amide bonds. The molecule has 0 spiro atoms. The molecule has 0 aliphatic carbocycles. The van der Waals surface area contributed by atoms with Gasteiger partial charge in [-0.15, -0.1) is 0 Å². The van der Waals surface area contributed by atoms with Crippen molar-refractivity contribution in [3.63, 3.8) is 0 Å². The van der Waals surface area contributed by atoms with Gasteiger partial charge in [0.1, 0.15) is 17.6 Å². The van der Waals surface area contributed by atoms with Crippen LogP contribution in [0.4, 0.5) is 0 Å². The van der Waals surface area contributed by atoms with E-state index in [0.717, 1.165) is 23.5 Å². The first kappa shape index (κ1) is 23.6. The van der Waals surface area contributed by atoms with Crippen LogP contribution in [-0.2, 0) is 32.0 Å². The highest BCUT2D eigenvalue weighted by molar-refractivity contribution is 5.80. The number of ether oxygens (including phenoxy) is 2. The molecule has 1 unspecified atom stereocenters. The first-order chi connectivity index (χ1) is 14.4. The quantitative estimate of drug-likeness (QED) is 0.496. The average Bonchev–Trinajstić information content (AvgIpc) is 3.18. The highest BCUT2D eigenvalue weighted by atomic mass is 16.5. The molecule has 7 heteroatoms. The van der Waals surface area contributed by atoms with Crippen LogP contribution in [0.2, 0.25) is 0 Å². The summed E-state index contributed by atoms with van der Waals surface area (Å²) in [6.45, 7) is 5.50. The average molecular weight is 417 g/mol. The second kappa shape index (κ2) is 12.1. The second-order valence-electron chi connectivity index (χ2n) is 7.23. The van der Waals surface area contributed by atoms with Gasteiger partial charge in [-0.2, -0.15) is 0 Å². The van der Waals surface area contributed by atoms with E-state index in [4.69, 9.17) is 13.9 Å². The van der Waals surface area contributed by atoms with Gasteiger partial charge in [-0.05, 0) is 38.0 Å². The molecule has 1 aromatic carbocycles. The summed E-state index contributed by atoms with van der Waals surface area (Å²) in [7, 11) is 2.94. The zero-order chi connectivity index (χ0) is 21.9. The summed E-state index contributed by atoms with van der Waals surface area (Å²) in [5, 5.41) is 0. The Bertz CT molecular complexity index is 790. The second-order valence-corrected chi connectivity index (χ2v) is 7.23. The van der Waals surface area contributed by atoms with Gasteiger partial charge in [-0.25, -0.2) is 0 Å². The van der Waals surface area contributed by atoms with Crippen LogP contribution >= 0.6 is 0 Å². The van der Waals surface area contributed by atoms with Crippen LogP contribution < -0.4 is 0 Å². The van der Waals surface area contributed by atoms with Gasteiger partial charge in [0, 0.05) is 20.2 Å². The fraction of sp³-hybridized carbons (Fsp3) is 0.478. The summed E-state index contributed by atoms with van der Waals surface area (Å²) in [4.78, 5) is 28.8. The van der Waals surface area contributed by atoms with Gasteiger partial charge in [0.05, 0.1) is 26.8 Å². The van der Waals surface area contributed by atoms with E-state index in [2.05, 4.69) is 0 Å². The van der Waals surface area contributed by atoms with Crippen LogP contribution in [0, 0.1) is 6.92 Å². The van der Waals surface area contributed by atoms with Gasteiger partial charge in [0.2, 0.25) is 5.91 Å². The van der Waals surface area contributed by atoms with E-state index in [0.29, 0.717) is 26.2 Å². The third-order valence-electron chi connectivity index (χ3n) is 5.02. The van der Waals surface area contributed by atoms with Gasteiger partial charge in [-0.1, -0.05) is 30.3 Å². The minimum Gasteiger partial charge on any atom is -0.468 e. The Labute approximate surface area is 178 Å². The van der Waals surface area contributed by atoms with E-state index >= 15 is 0 Å². The highest BCUT2D eigenvalue weighted by Gasteiger charge is 2.26. The zero-order valence-corrected chi connectivity index (χ0v) is 18.3. The Morgan fingerprint density at radius 2 is 1.80 bits per heavy atom. The molecule has 1 aromatic heterocycles. The highest BCUT2D eigenvalue weighted by Crippen LogP contribution is 2.12. The number of amides is 1. The molecule has 7 nitrogen and oxygen atoms in total. The Kier molecular flexibility index (Phi) is 9.57. The number of furan rings is 1. The molecule has 2 rings (SSSR count). The van der Waals surface area contributed by atoms with E-state index in [-0.39, 0.29) is 18.4 Å². The lowest BCUT2D eigenvalue weighted by atomic mass is 10.1. The van der Waals surface area contributed by atoms with Gasteiger partial charge in [-0.3, -0.25) is 14.5 Å². The molecule has 0 saturated heterocycles. The zero-order valence-electron chi connectivity index (χ0n) is 18.3. The largest absolute Gasteiger partial charge is 0.468 e. The maximum atomic E-state index is 13.2. The molecule has 0 bridgehead atoms. The molecule has 0 saturated carbocycles. The van der Waals surface area contributed by atoms with E-state index in [1.807, 2.05) is 49.4 Å². The number of benzene rings is 1. The van der Waals surface area contributed by atoms with Crippen molar-refractivity contribution in [1.29, 1.82) is 0 Å². The number of esters is 1. The number of nitrogens with zero attached hydrogens (tertiary/aromatic N) is 2. The first-order valence-electron chi connectivity index (χ1n) is 10.1. The number of carbonyl (C=O) groups is 2. The van der Waals surface area contributed by atoms with Gasteiger partial charge in [0.15, 0.2) is 0 Å². The van der Waals surface area contributed by atoms with Crippen molar-refractivity contribution in [2.45, 2.75) is 32.9 Å². The maximum Gasteiger partial charge on any atom is 0.322 e. The third kappa shape index (κ3) is 7.31. The molecule has 0 fully saturated rings. The summed E-state index contributed by atoms with van der Waals surface area (Å²) < 4.78 is 15.7. The van der Waals surface area contributed by atoms with Gasteiger partial charge >= 0.3 is 5.97 Å². The molecule has 2 aromatic rings. The van der Waals surface area contributed by atoms with Crippen LogP contribution in [0.15, 0.2) is 46.9 Å². The Morgan fingerprint density at radius 1 is 1.07 bits per heavy atom. The summed E-state index contributed by atoms with van der Waals surface area (Å²) in [5.41, 5.74) is 1.16. The van der Waals surface area contributed by atoms with Crippen molar-refractivity contribution in [1.82, 2.24) is 9.80 Å². The van der Waals surface area contributed by atoms with Crippen LogP contribution in [0.25, 0.3) is 0 Å². The van der Waals surface area contributed by atoms with Crippen LogP contribution in [-0.4, -0.2) is 68.2 Å². The lowest BCUT2D eigenvalue weighted by Gasteiger charge is -2.29. The molecule has 1 atom stereocenters. The SMILES string of the molecule is COCCN(CC(=O)N(CCc1ccccc1)Cc1ccc(C)o1)C(C)C(=O)OC. The molecule has 164 valence electrons. The first-order valence-corrected chi connectivity index (χ1v) is 10.1. The van der Waals surface area contributed by atoms with E-state index in [1.54, 1.807) is 23.8 Å². The van der Waals surface area contributed by atoms with Crippen molar-refractivity contribution < 1.29 is 23.5 Å². The van der Waals surface area contributed by atoms with Crippen molar-refractivity contribution in [2.24, 2.45) is 0 Å². The lowest BCUT2D eigenvalue weighted by molar-refractivity contribution is -0.148. The summed E-state index contributed by atoms with van der Waals surface area (Å²) >= 11 is 0. The minimum atomic E-state index is -0.545. The Balaban J connectivity index is 2.12. The van der Waals surface area contributed by atoms with Crippen LogP contribution in [0.5, 0.6) is 0 Å². The fourth-order valence-electron chi connectivity index (χ4n) is 3.17. The number of methoxy groups -OCH3 is 2. The van der Waals surface area contributed by atoms with Crippen molar-refractivity contribution >= 4 is 11.9 Å². The normalized spacial score (nSPS) is 12.0. The number of rotatable bonds is 12. The smallest absolute Gasteiger partial charge is 0.322 e. The number of hydrogen-bond acceptors (Lipinski definition) is 6. The number of hydrogen-bond donors (Lipinski definition) is 0. The molecule has 0 N–H and O–H groups in total. The summed E-state index contributed by atoms with van der Waals surface area (Å²) in [6.07, 6.45) is 0.733. The maximum absolute atomic E-state index is 13.2. The predicted octanol–water partition coefficient (Wildman–Crippen LogP) is 2.67. The third-order valence-corrected chi connectivity index (χ3v) is 5.02. The minimum absolute atomic E-state index is 0.0770. The van der Waals surface area contributed by atoms with Gasteiger partial charge < -0.3 is 18.8 Å². The molecule has 1 heterocycles. The summed E-state index contributed by atoms with van der Waals surface area (Å²) in [5.74, 6) is 1.09. The fourth-order valence-corrected chi connectivity index (χ4v) is 3.17. The molecular formula is C23H32N2O5. The Morgan fingerprint density at radius 3 is 2.40 bits per heavy atom. The number of aryl methyl sites for hydroxylation is 1.